The summed E-state index contributed by atoms with van der Waals surface area (Å²) in [5, 5.41) is 9.91. The highest BCUT2D eigenvalue weighted by molar-refractivity contribution is 5.09. The third kappa shape index (κ3) is 2.26. The highest BCUT2D eigenvalue weighted by atomic mass is 16.3. The monoisotopic (exact) mass is 180 g/mol. The standard InChI is InChI=1S/C10H16N2O/c1-10(2,7-11)9(13)8-5-3-4-6-12-8/h3-6,9,13H,7,11H2,1-2H3. The molecule has 0 aliphatic heterocycles. The Morgan fingerprint density at radius 2 is 2.23 bits per heavy atom. The molecule has 0 fully saturated rings. The Bertz CT molecular complexity index is 259. The second-order valence-corrected chi connectivity index (χ2v) is 3.85. The highest BCUT2D eigenvalue weighted by Gasteiger charge is 2.28. The van der Waals surface area contributed by atoms with E-state index < -0.39 is 6.10 Å². The van der Waals surface area contributed by atoms with E-state index in [-0.39, 0.29) is 5.41 Å². The SMILES string of the molecule is CC(C)(CN)C(O)c1ccccn1. The normalized spacial score (nSPS) is 14.2. The van der Waals surface area contributed by atoms with Crippen molar-refractivity contribution in [3.8, 4) is 0 Å². The summed E-state index contributed by atoms with van der Waals surface area (Å²) in [6, 6.07) is 5.49. The van der Waals surface area contributed by atoms with Gasteiger partial charge in [0.2, 0.25) is 0 Å². The average Bonchev–Trinajstić information content (AvgIpc) is 2.18. The Morgan fingerprint density at radius 1 is 1.54 bits per heavy atom. The zero-order valence-corrected chi connectivity index (χ0v) is 8.07. The summed E-state index contributed by atoms with van der Waals surface area (Å²) < 4.78 is 0. The van der Waals surface area contributed by atoms with Crippen LogP contribution in [0.15, 0.2) is 24.4 Å². The first kappa shape index (κ1) is 10.2. The summed E-state index contributed by atoms with van der Waals surface area (Å²) in [7, 11) is 0. The molecular formula is C10H16N2O. The highest BCUT2D eigenvalue weighted by Crippen LogP contribution is 2.30. The van der Waals surface area contributed by atoms with Gasteiger partial charge in [-0.1, -0.05) is 19.9 Å². The second kappa shape index (κ2) is 3.85. The van der Waals surface area contributed by atoms with E-state index in [1.54, 1.807) is 6.20 Å². The van der Waals surface area contributed by atoms with Gasteiger partial charge >= 0.3 is 0 Å². The first-order valence-corrected chi connectivity index (χ1v) is 4.37. The fraction of sp³-hybridized carbons (Fsp3) is 0.500. The van der Waals surface area contributed by atoms with Gasteiger partial charge in [0.15, 0.2) is 0 Å². The van der Waals surface area contributed by atoms with Crippen molar-refractivity contribution < 1.29 is 5.11 Å². The van der Waals surface area contributed by atoms with Gasteiger partial charge in [-0.25, -0.2) is 0 Å². The van der Waals surface area contributed by atoms with Crippen LogP contribution in [0.5, 0.6) is 0 Å². The molecule has 1 atom stereocenters. The van der Waals surface area contributed by atoms with Crippen molar-refractivity contribution in [2.45, 2.75) is 20.0 Å². The number of hydrogen-bond acceptors (Lipinski definition) is 3. The third-order valence-electron chi connectivity index (χ3n) is 2.23. The topological polar surface area (TPSA) is 59.1 Å². The van der Waals surface area contributed by atoms with Crippen LogP contribution in [0.2, 0.25) is 0 Å². The zero-order chi connectivity index (χ0) is 9.90. The lowest BCUT2D eigenvalue weighted by molar-refractivity contribution is 0.0519. The van der Waals surface area contributed by atoms with Crippen molar-refractivity contribution in [3.05, 3.63) is 30.1 Å². The largest absolute Gasteiger partial charge is 0.386 e. The number of nitrogens with two attached hydrogens (primary N) is 1. The van der Waals surface area contributed by atoms with Gasteiger partial charge in [-0.05, 0) is 12.1 Å². The van der Waals surface area contributed by atoms with Crippen molar-refractivity contribution in [2.24, 2.45) is 11.1 Å². The van der Waals surface area contributed by atoms with Crippen molar-refractivity contribution >= 4 is 0 Å². The van der Waals surface area contributed by atoms with Crippen LogP contribution in [0.1, 0.15) is 25.6 Å². The molecule has 0 saturated heterocycles. The van der Waals surface area contributed by atoms with Gasteiger partial charge in [0, 0.05) is 18.2 Å². The molecule has 1 rings (SSSR count). The number of hydrogen-bond donors (Lipinski definition) is 2. The summed E-state index contributed by atoms with van der Waals surface area (Å²) in [5.41, 5.74) is 5.91. The summed E-state index contributed by atoms with van der Waals surface area (Å²) >= 11 is 0. The molecule has 0 aliphatic rings. The molecule has 1 unspecified atom stereocenters. The van der Waals surface area contributed by atoms with E-state index >= 15 is 0 Å². The van der Waals surface area contributed by atoms with E-state index in [1.807, 2.05) is 32.0 Å². The van der Waals surface area contributed by atoms with Crippen LogP contribution in [0.4, 0.5) is 0 Å². The molecule has 0 radical (unpaired) electrons. The minimum absolute atomic E-state index is 0.325. The summed E-state index contributed by atoms with van der Waals surface area (Å²) in [6.45, 7) is 4.28. The van der Waals surface area contributed by atoms with Gasteiger partial charge < -0.3 is 10.8 Å². The van der Waals surface area contributed by atoms with Gasteiger partial charge in [-0.2, -0.15) is 0 Å². The molecule has 0 bridgehead atoms. The van der Waals surface area contributed by atoms with Crippen LogP contribution >= 0.6 is 0 Å². The molecule has 0 spiro atoms. The smallest absolute Gasteiger partial charge is 0.102 e. The second-order valence-electron chi connectivity index (χ2n) is 3.85. The quantitative estimate of drug-likeness (QED) is 0.732. The Balaban J connectivity index is 2.85. The fourth-order valence-corrected chi connectivity index (χ4v) is 1.05. The number of aliphatic hydroxyl groups excluding tert-OH is 1. The molecule has 0 aliphatic carbocycles. The zero-order valence-electron chi connectivity index (χ0n) is 8.07. The predicted molar refractivity (Wildman–Crippen MR) is 52.0 cm³/mol. The molecule has 3 nitrogen and oxygen atoms in total. The first-order chi connectivity index (χ1) is 6.08. The van der Waals surface area contributed by atoms with E-state index in [2.05, 4.69) is 4.98 Å². The molecule has 13 heavy (non-hydrogen) atoms. The maximum atomic E-state index is 9.91. The molecule has 1 aromatic heterocycles. The summed E-state index contributed by atoms with van der Waals surface area (Å²) in [5.74, 6) is 0. The molecule has 1 aromatic rings. The molecular weight excluding hydrogens is 164 g/mol. The van der Waals surface area contributed by atoms with Gasteiger partial charge in [0.1, 0.15) is 6.10 Å². The Hall–Kier alpha value is -0.930. The van der Waals surface area contributed by atoms with E-state index in [1.165, 1.54) is 0 Å². The lowest BCUT2D eigenvalue weighted by atomic mass is 9.85. The fourth-order valence-electron chi connectivity index (χ4n) is 1.05. The van der Waals surface area contributed by atoms with E-state index in [0.717, 1.165) is 0 Å². The van der Waals surface area contributed by atoms with Crippen molar-refractivity contribution in [1.82, 2.24) is 4.98 Å². The molecule has 1 heterocycles. The van der Waals surface area contributed by atoms with Gasteiger partial charge in [0.05, 0.1) is 5.69 Å². The van der Waals surface area contributed by atoms with Crippen LogP contribution in [-0.4, -0.2) is 16.6 Å². The Kier molecular flexibility index (Phi) is 3.01. The van der Waals surface area contributed by atoms with Crippen LogP contribution in [0.3, 0.4) is 0 Å². The van der Waals surface area contributed by atoms with Crippen molar-refractivity contribution in [1.29, 1.82) is 0 Å². The van der Waals surface area contributed by atoms with E-state index in [0.29, 0.717) is 12.2 Å². The minimum Gasteiger partial charge on any atom is -0.386 e. The van der Waals surface area contributed by atoms with Gasteiger partial charge in [0.25, 0.3) is 0 Å². The Labute approximate surface area is 78.6 Å². The van der Waals surface area contributed by atoms with Gasteiger partial charge in [-0.3, -0.25) is 4.98 Å². The Morgan fingerprint density at radius 3 is 2.69 bits per heavy atom. The maximum Gasteiger partial charge on any atom is 0.102 e. The van der Waals surface area contributed by atoms with Crippen molar-refractivity contribution in [2.75, 3.05) is 6.54 Å². The average molecular weight is 180 g/mol. The van der Waals surface area contributed by atoms with Crippen LogP contribution in [0, 0.1) is 5.41 Å². The molecule has 72 valence electrons. The van der Waals surface area contributed by atoms with Crippen LogP contribution in [-0.2, 0) is 0 Å². The minimum atomic E-state index is -0.598. The molecule has 0 aromatic carbocycles. The lowest BCUT2D eigenvalue weighted by Gasteiger charge is -2.28. The summed E-state index contributed by atoms with van der Waals surface area (Å²) in [4.78, 5) is 4.09. The number of pyridine rings is 1. The predicted octanol–water partition coefficient (Wildman–Crippen LogP) is 1.10. The van der Waals surface area contributed by atoms with E-state index in [4.69, 9.17) is 5.73 Å². The van der Waals surface area contributed by atoms with Crippen molar-refractivity contribution in [3.63, 3.8) is 0 Å². The van der Waals surface area contributed by atoms with E-state index in [9.17, 15) is 5.11 Å². The first-order valence-electron chi connectivity index (χ1n) is 4.37. The lowest BCUT2D eigenvalue weighted by Crippen LogP contribution is -2.31. The van der Waals surface area contributed by atoms with Crippen LogP contribution < -0.4 is 5.73 Å². The molecule has 3 N–H and O–H groups in total. The molecule has 0 amide bonds. The number of aromatic nitrogens is 1. The number of rotatable bonds is 3. The number of nitrogens with zero attached hydrogens (tertiary/aromatic N) is 1. The van der Waals surface area contributed by atoms with Gasteiger partial charge in [-0.15, -0.1) is 0 Å². The molecule has 3 heteroatoms. The summed E-state index contributed by atoms with van der Waals surface area (Å²) in [6.07, 6.45) is 1.07. The third-order valence-corrected chi connectivity index (χ3v) is 2.23. The number of aliphatic hydroxyl groups is 1. The maximum absolute atomic E-state index is 9.91. The molecule has 0 saturated carbocycles. The van der Waals surface area contributed by atoms with Crippen LogP contribution in [0.25, 0.3) is 0 Å².